The molecule has 18 heavy (non-hydrogen) atoms. The summed E-state index contributed by atoms with van der Waals surface area (Å²) in [6.07, 6.45) is 0.750. The molecule has 0 aliphatic rings. The highest BCUT2D eigenvalue weighted by Crippen LogP contribution is 2.34. The molecule has 0 amide bonds. The molecule has 0 radical (unpaired) electrons. The average Bonchev–Trinajstić information content (AvgIpc) is 2.56. The van der Waals surface area contributed by atoms with Crippen molar-refractivity contribution in [2.75, 3.05) is 5.33 Å². The molecule has 0 aliphatic carbocycles. The van der Waals surface area contributed by atoms with E-state index in [1.807, 2.05) is 13.8 Å². The van der Waals surface area contributed by atoms with E-state index in [0.29, 0.717) is 15.6 Å². The van der Waals surface area contributed by atoms with Gasteiger partial charge in [-0.2, -0.15) is 0 Å². The number of hydrogen-bond acceptors (Lipinski definition) is 3. The van der Waals surface area contributed by atoms with Gasteiger partial charge < -0.3 is 0 Å². The van der Waals surface area contributed by atoms with Crippen LogP contribution >= 0.6 is 50.5 Å². The molecular formula is C10H14BrCl2NO2S2. The van der Waals surface area contributed by atoms with Crippen LogP contribution in [0.25, 0.3) is 0 Å². The summed E-state index contributed by atoms with van der Waals surface area (Å²) >= 11 is 16.0. The Morgan fingerprint density at radius 1 is 1.44 bits per heavy atom. The van der Waals surface area contributed by atoms with Gasteiger partial charge in [0, 0.05) is 11.4 Å². The third-order valence-electron chi connectivity index (χ3n) is 2.18. The fourth-order valence-corrected chi connectivity index (χ4v) is 5.54. The van der Waals surface area contributed by atoms with Crippen LogP contribution in [0.4, 0.5) is 0 Å². The molecular weight excluding hydrogens is 381 g/mol. The van der Waals surface area contributed by atoms with Gasteiger partial charge >= 0.3 is 0 Å². The van der Waals surface area contributed by atoms with E-state index in [-0.39, 0.29) is 15.3 Å². The minimum Gasteiger partial charge on any atom is -0.207 e. The fraction of sp³-hybridized carbons (Fsp3) is 0.600. The van der Waals surface area contributed by atoms with Gasteiger partial charge in [-0.05, 0) is 18.4 Å². The molecule has 0 saturated heterocycles. The summed E-state index contributed by atoms with van der Waals surface area (Å²) < 4.78 is 27.5. The van der Waals surface area contributed by atoms with Gasteiger partial charge in [0.25, 0.3) is 0 Å². The minimum absolute atomic E-state index is 0.0499. The van der Waals surface area contributed by atoms with E-state index >= 15 is 0 Å². The van der Waals surface area contributed by atoms with Crippen LogP contribution in [0.5, 0.6) is 0 Å². The molecule has 104 valence electrons. The van der Waals surface area contributed by atoms with Gasteiger partial charge in [0.1, 0.15) is 9.23 Å². The van der Waals surface area contributed by atoms with E-state index in [1.54, 1.807) is 0 Å². The lowest BCUT2D eigenvalue weighted by atomic mass is 10.1. The maximum absolute atomic E-state index is 12.1. The summed E-state index contributed by atoms with van der Waals surface area (Å²) in [5.41, 5.74) is 0. The number of hydrogen-bond donors (Lipinski definition) is 1. The SMILES string of the molecule is CC(C)CC(CBr)NS(=O)(=O)c1cc(Cl)sc1Cl. The topological polar surface area (TPSA) is 46.2 Å². The highest BCUT2D eigenvalue weighted by molar-refractivity contribution is 9.09. The quantitative estimate of drug-likeness (QED) is 0.736. The first-order valence-electron chi connectivity index (χ1n) is 5.29. The van der Waals surface area contributed by atoms with Crippen LogP contribution in [0.3, 0.4) is 0 Å². The van der Waals surface area contributed by atoms with E-state index < -0.39 is 10.0 Å². The first-order valence-corrected chi connectivity index (χ1v) is 9.47. The predicted octanol–water partition coefficient (Wildman–Crippen LogP) is 4.14. The molecule has 1 aromatic rings. The van der Waals surface area contributed by atoms with Gasteiger partial charge in [0.15, 0.2) is 0 Å². The first kappa shape index (κ1) is 16.7. The normalized spacial score (nSPS) is 14.1. The molecule has 1 unspecified atom stereocenters. The second kappa shape index (κ2) is 6.90. The molecule has 1 atom stereocenters. The molecule has 3 nitrogen and oxygen atoms in total. The lowest BCUT2D eigenvalue weighted by molar-refractivity contribution is 0.488. The molecule has 0 aliphatic heterocycles. The third-order valence-corrected chi connectivity index (χ3v) is 6.23. The predicted molar refractivity (Wildman–Crippen MR) is 81.7 cm³/mol. The number of sulfonamides is 1. The van der Waals surface area contributed by atoms with Crippen LogP contribution in [0.2, 0.25) is 8.67 Å². The maximum Gasteiger partial charge on any atom is 0.243 e. The second-order valence-corrected chi connectivity index (χ2v) is 8.91. The van der Waals surface area contributed by atoms with Crippen molar-refractivity contribution in [2.45, 2.75) is 31.2 Å². The van der Waals surface area contributed by atoms with Crippen LogP contribution in [0, 0.1) is 5.92 Å². The van der Waals surface area contributed by atoms with E-state index in [0.717, 1.165) is 17.8 Å². The number of thiophene rings is 1. The van der Waals surface area contributed by atoms with Crippen molar-refractivity contribution >= 4 is 60.5 Å². The van der Waals surface area contributed by atoms with Crippen molar-refractivity contribution < 1.29 is 8.42 Å². The Kier molecular flexibility index (Phi) is 6.41. The molecule has 1 aromatic heterocycles. The van der Waals surface area contributed by atoms with E-state index in [9.17, 15) is 8.42 Å². The zero-order chi connectivity index (χ0) is 13.9. The zero-order valence-corrected chi connectivity index (χ0v) is 14.6. The fourth-order valence-electron chi connectivity index (χ4n) is 1.50. The minimum atomic E-state index is -3.61. The Labute approximate surface area is 130 Å². The van der Waals surface area contributed by atoms with Crippen molar-refractivity contribution in [2.24, 2.45) is 5.92 Å². The first-order chi connectivity index (χ1) is 8.26. The monoisotopic (exact) mass is 393 g/mol. The molecule has 0 fully saturated rings. The molecule has 0 aromatic carbocycles. The Morgan fingerprint density at radius 3 is 2.44 bits per heavy atom. The smallest absolute Gasteiger partial charge is 0.207 e. The number of alkyl halides is 1. The van der Waals surface area contributed by atoms with Gasteiger partial charge in [0.05, 0.1) is 4.34 Å². The summed E-state index contributed by atoms with van der Waals surface area (Å²) in [5.74, 6) is 0.400. The van der Waals surface area contributed by atoms with Gasteiger partial charge in [-0.25, -0.2) is 13.1 Å². The molecule has 1 N–H and O–H groups in total. The number of rotatable bonds is 6. The standard InChI is InChI=1S/C10H14BrCl2NO2S2/c1-6(2)3-7(5-11)14-18(15,16)8-4-9(12)17-10(8)13/h4,6-7,14H,3,5H2,1-2H3. The van der Waals surface area contributed by atoms with Crippen LogP contribution in [-0.2, 0) is 10.0 Å². The maximum atomic E-state index is 12.1. The van der Waals surface area contributed by atoms with Crippen LogP contribution in [0.15, 0.2) is 11.0 Å². The molecule has 0 saturated carbocycles. The lowest BCUT2D eigenvalue weighted by Gasteiger charge is -2.17. The summed E-state index contributed by atoms with van der Waals surface area (Å²) in [5, 5.41) is 0.555. The van der Waals surface area contributed by atoms with Crippen LogP contribution < -0.4 is 4.72 Å². The Hall–Kier alpha value is 0.670. The van der Waals surface area contributed by atoms with Crippen molar-refractivity contribution in [3.8, 4) is 0 Å². The van der Waals surface area contributed by atoms with Gasteiger partial charge in [-0.3, -0.25) is 0 Å². The zero-order valence-electron chi connectivity index (χ0n) is 9.91. The van der Waals surface area contributed by atoms with Crippen LogP contribution in [-0.4, -0.2) is 19.8 Å². The molecule has 0 bridgehead atoms. The third kappa shape index (κ3) is 4.65. The van der Waals surface area contributed by atoms with Crippen molar-refractivity contribution in [3.63, 3.8) is 0 Å². The van der Waals surface area contributed by atoms with E-state index in [1.165, 1.54) is 6.07 Å². The molecule has 8 heteroatoms. The van der Waals surface area contributed by atoms with Gasteiger partial charge in [0.2, 0.25) is 10.0 Å². The molecule has 1 rings (SSSR count). The van der Waals surface area contributed by atoms with Gasteiger partial charge in [-0.1, -0.05) is 53.0 Å². The average molecular weight is 395 g/mol. The summed E-state index contributed by atoms with van der Waals surface area (Å²) in [4.78, 5) is 0.0499. The lowest BCUT2D eigenvalue weighted by Crippen LogP contribution is -2.36. The van der Waals surface area contributed by atoms with Gasteiger partial charge in [-0.15, -0.1) is 11.3 Å². The summed E-state index contributed by atoms with van der Waals surface area (Å²) in [6.45, 7) is 4.08. The number of nitrogens with one attached hydrogen (secondary N) is 1. The summed E-state index contributed by atoms with van der Waals surface area (Å²) in [6, 6.07) is 1.21. The van der Waals surface area contributed by atoms with Crippen LogP contribution in [0.1, 0.15) is 20.3 Å². The Balaban J connectivity index is 2.90. The number of halogens is 3. The highest BCUT2D eigenvalue weighted by Gasteiger charge is 2.24. The van der Waals surface area contributed by atoms with E-state index in [2.05, 4.69) is 20.7 Å². The summed E-state index contributed by atoms with van der Waals surface area (Å²) in [7, 11) is -3.61. The molecule has 0 spiro atoms. The van der Waals surface area contributed by atoms with Crippen molar-refractivity contribution in [1.29, 1.82) is 0 Å². The molecule has 1 heterocycles. The van der Waals surface area contributed by atoms with Crippen molar-refractivity contribution in [1.82, 2.24) is 4.72 Å². The Bertz CT molecular complexity index is 502. The second-order valence-electron chi connectivity index (χ2n) is 4.29. The Morgan fingerprint density at radius 2 is 2.06 bits per heavy atom. The van der Waals surface area contributed by atoms with Crippen molar-refractivity contribution in [3.05, 3.63) is 14.7 Å². The van der Waals surface area contributed by atoms with E-state index in [4.69, 9.17) is 23.2 Å². The highest BCUT2D eigenvalue weighted by atomic mass is 79.9. The largest absolute Gasteiger partial charge is 0.243 e.